The second-order valence-electron chi connectivity index (χ2n) is 4.08. The molecule has 0 aliphatic rings. The van der Waals surface area contributed by atoms with Gasteiger partial charge in [0.2, 0.25) is 0 Å². The Morgan fingerprint density at radius 1 is 1.38 bits per heavy atom. The molecule has 0 saturated heterocycles. The Morgan fingerprint density at radius 2 is 2.00 bits per heavy atom. The Labute approximate surface area is 95.3 Å². The number of carbonyl (C=O) groups is 1. The van der Waals surface area contributed by atoms with E-state index in [0.29, 0.717) is 6.42 Å². The average molecular weight is 224 g/mol. The van der Waals surface area contributed by atoms with Gasteiger partial charge in [0.05, 0.1) is 5.92 Å². The molecule has 3 heteroatoms. The molecule has 2 unspecified atom stereocenters. The third-order valence-corrected chi connectivity index (χ3v) is 2.91. The van der Waals surface area contributed by atoms with Gasteiger partial charge in [-0.15, -0.1) is 0 Å². The summed E-state index contributed by atoms with van der Waals surface area (Å²) in [7, 11) is 0. The first-order valence-corrected chi connectivity index (χ1v) is 5.55. The van der Waals surface area contributed by atoms with E-state index < -0.39 is 5.97 Å². The lowest BCUT2D eigenvalue weighted by Crippen LogP contribution is -2.23. The van der Waals surface area contributed by atoms with Gasteiger partial charge in [-0.2, -0.15) is 0 Å². The quantitative estimate of drug-likeness (QED) is 0.767. The van der Waals surface area contributed by atoms with Gasteiger partial charge in [-0.3, -0.25) is 4.94 Å². The van der Waals surface area contributed by atoms with Crippen LogP contribution in [0, 0.1) is 11.8 Å². The molecule has 16 heavy (non-hydrogen) atoms. The Kier molecular flexibility index (Phi) is 4.96. The first-order chi connectivity index (χ1) is 7.69. The maximum Gasteiger partial charge on any atom is 0.352 e. The van der Waals surface area contributed by atoms with Crippen molar-refractivity contribution in [3.63, 3.8) is 0 Å². The molecule has 0 saturated carbocycles. The molecule has 0 bridgehead atoms. The standard InChI is InChI=1S/C13H17FO2/c1-3-12(13(15)16-14)10(2)9-11-7-5-4-6-8-11/h4-8,10,12H,3,9H2,1-2H3. The third-order valence-electron chi connectivity index (χ3n) is 2.91. The molecule has 0 amide bonds. The Hall–Kier alpha value is -1.38. The van der Waals surface area contributed by atoms with E-state index in [1.54, 1.807) is 0 Å². The van der Waals surface area contributed by atoms with Gasteiger partial charge in [-0.25, -0.2) is 4.79 Å². The van der Waals surface area contributed by atoms with Crippen LogP contribution >= 0.6 is 0 Å². The number of rotatable bonds is 5. The molecule has 1 rings (SSSR count). The lowest BCUT2D eigenvalue weighted by atomic mass is 9.87. The smallest absolute Gasteiger partial charge is 0.255 e. The second-order valence-corrected chi connectivity index (χ2v) is 4.08. The van der Waals surface area contributed by atoms with Crippen LogP contribution < -0.4 is 0 Å². The van der Waals surface area contributed by atoms with Crippen molar-refractivity contribution in [1.82, 2.24) is 0 Å². The molecule has 0 aromatic heterocycles. The van der Waals surface area contributed by atoms with Crippen molar-refractivity contribution in [1.29, 1.82) is 0 Å². The van der Waals surface area contributed by atoms with E-state index in [1.807, 2.05) is 44.2 Å². The highest BCUT2D eigenvalue weighted by molar-refractivity contribution is 5.72. The fraction of sp³-hybridized carbons (Fsp3) is 0.462. The normalized spacial score (nSPS) is 14.2. The first kappa shape index (κ1) is 12.7. The van der Waals surface area contributed by atoms with E-state index in [0.717, 1.165) is 12.0 Å². The summed E-state index contributed by atoms with van der Waals surface area (Å²) in [4.78, 5) is 14.5. The number of carbonyl (C=O) groups excluding carboxylic acids is 1. The topological polar surface area (TPSA) is 26.3 Å². The van der Waals surface area contributed by atoms with E-state index in [2.05, 4.69) is 4.94 Å². The van der Waals surface area contributed by atoms with Gasteiger partial charge in [0, 0.05) is 4.53 Å². The maximum absolute atomic E-state index is 11.9. The van der Waals surface area contributed by atoms with Gasteiger partial charge in [-0.1, -0.05) is 44.2 Å². The highest BCUT2D eigenvalue weighted by Crippen LogP contribution is 2.21. The van der Waals surface area contributed by atoms with E-state index in [-0.39, 0.29) is 11.8 Å². The predicted molar refractivity (Wildman–Crippen MR) is 60.3 cm³/mol. The molecule has 0 aliphatic carbocycles. The number of halogens is 1. The molecular weight excluding hydrogens is 207 g/mol. The minimum Gasteiger partial charge on any atom is -0.255 e. The molecule has 2 atom stereocenters. The molecule has 1 aromatic rings. The van der Waals surface area contributed by atoms with Crippen molar-refractivity contribution in [3.8, 4) is 0 Å². The van der Waals surface area contributed by atoms with E-state index in [4.69, 9.17) is 0 Å². The van der Waals surface area contributed by atoms with E-state index in [1.165, 1.54) is 0 Å². The largest absolute Gasteiger partial charge is 0.352 e. The van der Waals surface area contributed by atoms with Gasteiger partial charge >= 0.3 is 5.97 Å². The zero-order valence-corrected chi connectivity index (χ0v) is 9.65. The summed E-state index contributed by atoms with van der Waals surface area (Å²) in [6.45, 7) is 3.81. The molecular formula is C13H17FO2. The van der Waals surface area contributed by atoms with Gasteiger partial charge in [0.15, 0.2) is 0 Å². The van der Waals surface area contributed by atoms with Crippen LogP contribution in [0.15, 0.2) is 30.3 Å². The summed E-state index contributed by atoms with van der Waals surface area (Å²) < 4.78 is 11.9. The van der Waals surface area contributed by atoms with Gasteiger partial charge in [0.25, 0.3) is 0 Å². The molecule has 0 radical (unpaired) electrons. The summed E-state index contributed by atoms with van der Waals surface area (Å²) in [5, 5.41) is 0. The Bertz CT molecular complexity index is 324. The summed E-state index contributed by atoms with van der Waals surface area (Å²) in [6.07, 6.45) is 1.35. The lowest BCUT2D eigenvalue weighted by molar-refractivity contribution is -0.191. The van der Waals surface area contributed by atoms with Crippen LogP contribution in [0.3, 0.4) is 0 Å². The van der Waals surface area contributed by atoms with Crippen LogP contribution in [-0.2, 0) is 16.2 Å². The predicted octanol–water partition coefficient (Wildman–Crippen LogP) is 3.32. The van der Waals surface area contributed by atoms with Crippen molar-refractivity contribution in [2.24, 2.45) is 11.8 Å². The first-order valence-electron chi connectivity index (χ1n) is 5.55. The van der Waals surface area contributed by atoms with Gasteiger partial charge in [-0.05, 0) is 24.3 Å². The zero-order valence-electron chi connectivity index (χ0n) is 9.65. The monoisotopic (exact) mass is 224 g/mol. The highest BCUT2D eigenvalue weighted by atomic mass is 19.3. The van der Waals surface area contributed by atoms with Crippen LogP contribution in [0.4, 0.5) is 4.53 Å². The number of hydrogen-bond acceptors (Lipinski definition) is 2. The summed E-state index contributed by atoms with van der Waals surface area (Å²) in [5.41, 5.74) is 1.15. The molecule has 0 heterocycles. The van der Waals surface area contributed by atoms with E-state index >= 15 is 0 Å². The molecule has 0 aliphatic heterocycles. The Balaban J connectivity index is 2.63. The van der Waals surface area contributed by atoms with Crippen molar-refractivity contribution >= 4 is 5.97 Å². The molecule has 88 valence electrons. The average Bonchev–Trinajstić information content (AvgIpc) is 2.31. The summed E-state index contributed by atoms with van der Waals surface area (Å²) >= 11 is 0. The summed E-state index contributed by atoms with van der Waals surface area (Å²) in [5.74, 6) is -1.05. The van der Waals surface area contributed by atoms with Gasteiger partial charge in [0.1, 0.15) is 0 Å². The SMILES string of the molecule is CCC(C(=O)OF)C(C)Cc1ccccc1. The fourth-order valence-electron chi connectivity index (χ4n) is 1.99. The van der Waals surface area contributed by atoms with Crippen LogP contribution in [0.1, 0.15) is 25.8 Å². The Morgan fingerprint density at radius 3 is 2.50 bits per heavy atom. The van der Waals surface area contributed by atoms with E-state index in [9.17, 15) is 9.32 Å². The van der Waals surface area contributed by atoms with Crippen molar-refractivity contribution in [3.05, 3.63) is 35.9 Å². The molecule has 0 fully saturated rings. The molecule has 0 spiro atoms. The van der Waals surface area contributed by atoms with Crippen molar-refractivity contribution in [2.45, 2.75) is 26.7 Å². The van der Waals surface area contributed by atoms with Crippen molar-refractivity contribution < 1.29 is 14.3 Å². The number of benzene rings is 1. The lowest BCUT2D eigenvalue weighted by Gasteiger charge is -2.18. The zero-order chi connectivity index (χ0) is 12.0. The van der Waals surface area contributed by atoms with Crippen LogP contribution in [0.5, 0.6) is 0 Å². The fourth-order valence-corrected chi connectivity index (χ4v) is 1.99. The molecule has 0 N–H and O–H groups in total. The van der Waals surface area contributed by atoms with Gasteiger partial charge < -0.3 is 0 Å². The van der Waals surface area contributed by atoms with Crippen molar-refractivity contribution in [2.75, 3.05) is 0 Å². The third kappa shape index (κ3) is 3.33. The molecule has 1 aromatic carbocycles. The van der Waals surface area contributed by atoms with Crippen LogP contribution in [-0.4, -0.2) is 5.97 Å². The minimum absolute atomic E-state index is 0.0793. The van der Waals surface area contributed by atoms with Crippen LogP contribution in [0.2, 0.25) is 0 Å². The highest BCUT2D eigenvalue weighted by Gasteiger charge is 2.25. The summed E-state index contributed by atoms with van der Waals surface area (Å²) in [6, 6.07) is 9.86. The van der Waals surface area contributed by atoms with Crippen LogP contribution in [0.25, 0.3) is 0 Å². The minimum atomic E-state index is -0.758. The molecule has 2 nitrogen and oxygen atoms in total. The number of hydrogen-bond donors (Lipinski definition) is 0. The second kappa shape index (κ2) is 6.26. The maximum atomic E-state index is 11.9.